The van der Waals surface area contributed by atoms with Crippen molar-refractivity contribution in [1.82, 2.24) is 10.2 Å². The fourth-order valence-corrected chi connectivity index (χ4v) is 3.51. The smallest absolute Gasteiger partial charge is 0.222 e. The molecule has 96 valence electrons. The maximum Gasteiger partial charge on any atom is 0.222 e. The molecule has 4 nitrogen and oxygen atoms in total. The van der Waals surface area contributed by atoms with Crippen molar-refractivity contribution in [1.29, 1.82) is 0 Å². The first kappa shape index (κ1) is 11.5. The van der Waals surface area contributed by atoms with E-state index >= 15 is 0 Å². The number of likely N-dealkylation sites (tertiary alicyclic amines) is 1. The van der Waals surface area contributed by atoms with E-state index in [0.717, 1.165) is 39.4 Å². The lowest BCUT2D eigenvalue weighted by molar-refractivity contribution is -0.133. The van der Waals surface area contributed by atoms with Crippen LogP contribution in [0, 0.1) is 17.8 Å². The molecule has 1 N–H and O–H groups in total. The molecule has 3 rings (SSSR count). The maximum atomic E-state index is 12.2. The van der Waals surface area contributed by atoms with Gasteiger partial charge in [-0.25, -0.2) is 0 Å². The average molecular weight is 238 g/mol. The molecule has 3 aliphatic heterocycles. The monoisotopic (exact) mass is 238 g/mol. The van der Waals surface area contributed by atoms with Gasteiger partial charge in [-0.1, -0.05) is 0 Å². The van der Waals surface area contributed by atoms with Crippen LogP contribution in [0.15, 0.2) is 0 Å². The van der Waals surface area contributed by atoms with Gasteiger partial charge in [-0.05, 0) is 37.1 Å². The van der Waals surface area contributed by atoms with E-state index in [1.165, 1.54) is 12.8 Å². The highest BCUT2D eigenvalue weighted by Crippen LogP contribution is 2.32. The molecule has 1 amide bonds. The Labute approximate surface area is 103 Å². The fraction of sp³-hybridized carbons (Fsp3) is 0.923. The maximum absolute atomic E-state index is 12.2. The SMILES string of the molecule is O=C(C[C@@H]1COC[C@H]2CNC[C@H]21)N1CCCC1. The number of carbonyl (C=O) groups is 1. The summed E-state index contributed by atoms with van der Waals surface area (Å²) >= 11 is 0. The molecular formula is C13H22N2O2. The van der Waals surface area contributed by atoms with Crippen molar-refractivity contribution in [3.63, 3.8) is 0 Å². The van der Waals surface area contributed by atoms with E-state index in [-0.39, 0.29) is 0 Å². The number of carbonyl (C=O) groups excluding carboxylic acids is 1. The van der Waals surface area contributed by atoms with Crippen LogP contribution in [-0.4, -0.2) is 50.2 Å². The molecule has 0 saturated carbocycles. The summed E-state index contributed by atoms with van der Waals surface area (Å²) in [6, 6.07) is 0. The average Bonchev–Trinajstić information content (AvgIpc) is 3.00. The van der Waals surface area contributed by atoms with Crippen molar-refractivity contribution >= 4 is 5.91 Å². The normalized spacial score (nSPS) is 37.2. The van der Waals surface area contributed by atoms with Gasteiger partial charge >= 0.3 is 0 Å². The minimum Gasteiger partial charge on any atom is -0.381 e. The lowest BCUT2D eigenvalue weighted by Gasteiger charge is -2.33. The van der Waals surface area contributed by atoms with Crippen molar-refractivity contribution in [3.8, 4) is 0 Å². The summed E-state index contributed by atoms with van der Waals surface area (Å²) in [5.74, 6) is 2.09. The molecule has 3 fully saturated rings. The van der Waals surface area contributed by atoms with Crippen molar-refractivity contribution in [2.75, 3.05) is 39.4 Å². The third-order valence-corrected chi connectivity index (χ3v) is 4.56. The van der Waals surface area contributed by atoms with Crippen LogP contribution in [0.4, 0.5) is 0 Å². The summed E-state index contributed by atoms with van der Waals surface area (Å²) in [6.07, 6.45) is 3.06. The van der Waals surface area contributed by atoms with Gasteiger partial charge in [0.1, 0.15) is 0 Å². The van der Waals surface area contributed by atoms with Crippen LogP contribution in [0.5, 0.6) is 0 Å². The Hall–Kier alpha value is -0.610. The van der Waals surface area contributed by atoms with Crippen molar-refractivity contribution in [3.05, 3.63) is 0 Å². The van der Waals surface area contributed by atoms with Crippen molar-refractivity contribution in [2.45, 2.75) is 19.3 Å². The van der Waals surface area contributed by atoms with Gasteiger partial charge in [0.2, 0.25) is 5.91 Å². The number of ether oxygens (including phenoxy) is 1. The minimum atomic E-state index is 0.351. The molecule has 0 aromatic carbocycles. The second-order valence-corrected chi connectivity index (χ2v) is 5.67. The zero-order chi connectivity index (χ0) is 11.7. The molecule has 3 aliphatic rings. The summed E-state index contributed by atoms with van der Waals surface area (Å²) in [5.41, 5.74) is 0. The number of nitrogens with zero attached hydrogens (tertiary/aromatic N) is 1. The third-order valence-electron chi connectivity index (χ3n) is 4.56. The van der Waals surface area contributed by atoms with Gasteiger partial charge in [-0.3, -0.25) is 4.79 Å². The van der Waals surface area contributed by atoms with Gasteiger partial charge in [0, 0.05) is 26.1 Å². The first-order valence-electron chi connectivity index (χ1n) is 6.91. The van der Waals surface area contributed by atoms with E-state index < -0.39 is 0 Å². The van der Waals surface area contributed by atoms with Crippen molar-refractivity contribution < 1.29 is 9.53 Å². The Balaban J connectivity index is 1.58. The summed E-state index contributed by atoms with van der Waals surface area (Å²) in [7, 11) is 0. The third kappa shape index (κ3) is 2.33. The van der Waals surface area contributed by atoms with E-state index in [4.69, 9.17) is 4.74 Å². The summed E-state index contributed by atoms with van der Waals surface area (Å²) in [6.45, 7) is 5.75. The van der Waals surface area contributed by atoms with Crippen LogP contribution in [0.25, 0.3) is 0 Å². The molecule has 17 heavy (non-hydrogen) atoms. The van der Waals surface area contributed by atoms with Gasteiger partial charge in [-0.2, -0.15) is 0 Å². The highest BCUT2D eigenvalue weighted by molar-refractivity contribution is 5.76. The van der Waals surface area contributed by atoms with Crippen molar-refractivity contribution in [2.24, 2.45) is 17.8 Å². The quantitative estimate of drug-likeness (QED) is 0.761. The van der Waals surface area contributed by atoms with Crippen LogP contribution in [0.2, 0.25) is 0 Å². The highest BCUT2D eigenvalue weighted by atomic mass is 16.5. The zero-order valence-corrected chi connectivity index (χ0v) is 10.4. The number of nitrogens with one attached hydrogen (secondary N) is 1. The number of hydrogen-bond donors (Lipinski definition) is 1. The highest BCUT2D eigenvalue weighted by Gasteiger charge is 2.38. The molecule has 0 radical (unpaired) electrons. The van der Waals surface area contributed by atoms with E-state index in [9.17, 15) is 4.79 Å². The Morgan fingerprint density at radius 3 is 2.88 bits per heavy atom. The standard InChI is InChI=1S/C13H22N2O2/c16-13(15-3-1-2-4-15)5-10-8-17-9-11-6-14-7-12(10)11/h10-12,14H,1-9H2/t10-,11-,12+/m1/s1. The van der Waals surface area contributed by atoms with Crippen LogP contribution >= 0.6 is 0 Å². The van der Waals surface area contributed by atoms with Crippen LogP contribution in [-0.2, 0) is 9.53 Å². The largest absolute Gasteiger partial charge is 0.381 e. The number of amides is 1. The van der Waals surface area contributed by atoms with Crippen LogP contribution in [0.1, 0.15) is 19.3 Å². The molecular weight excluding hydrogens is 216 g/mol. The molecule has 0 aromatic rings. The molecule has 0 unspecified atom stereocenters. The molecule has 3 heterocycles. The van der Waals surface area contributed by atoms with Gasteiger partial charge in [-0.15, -0.1) is 0 Å². The Bertz CT molecular complexity index is 289. The number of fused-ring (bicyclic) bond motifs is 1. The second kappa shape index (κ2) is 4.94. The Kier molecular flexibility index (Phi) is 3.34. The molecule has 3 saturated heterocycles. The molecule has 4 heteroatoms. The van der Waals surface area contributed by atoms with E-state index in [0.29, 0.717) is 30.1 Å². The van der Waals surface area contributed by atoms with E-state index in [1.807, 2.05) is 4.90 Å². The Morgan fingerprint density at radius 2 is 2.06 bits per heavy atom. The second-order valence-electron chi connectivity index (χ2n) is 5.67. The molecule has 0 aliphatic carbocycles. The lowest BCUT2D eigenvalue weighted by Crippen LogP contribution is -2.39. The number of hydrogen-bond acceptors (Lipinski definition) is 3. The Morgan fingerprint density at radius 1 is 1.24 bits per heavy atom. The van der Waals surface area contributed by atoms with Gasteiger partial charge in [0.05, 0.1) is 13.2 Å². The van der Waals surface area contributed by atoms with E-state index in [2.05, 4.69) is 5.32 Å². The molecule has 0 spiro atoms. The summed E-state index contributed by atoms with van der Waals surface area (Å²) < 4.78 is 5.65. The van der Waals surface area contributed by atoms with Gasteiger partial charge in [0.25, 0.3) is 0 Å². The molecule has 0 aromatic heterocycles. The van der Waals surface area contributed by atoms with Gasteiger partial charge < -0.3 is 15.0 Å². The zero-order valence-electron chi connectivity index (χ0n) is 10.4. The fourth-order valence-electron chi connectivity index (χ4n) is 3.51. The molecule has 0 bridgehead atoms. The first-order chi connectivity index (χ1) is 8.34. The predicted octanol–water partition coefficient (Wildman–Crippen LogP) is 0.481. The van der Waals surface area contributed by atoms with Crippen LogP contribution in [0.3, 0.4) is 0 Å². The molecule has 3 atom stereocenters. The first-order valence-corrected chi connectivity index (χ1v) is 6.91. The summed E-state index contributed by atoms with van der Waals surface area (Å²) in [5, 5.41) is 3.43. The number of rotatable bonds is 2. The topological polar surface area (TPSA) is 41.6 Å². The summed E-state index contributed by atoms with van der Waals surface area (Å²) in [4.78, 5) is 14.2. The van der Waals surface area contributed by atoms with Gasteiger partial charge in [0.15, 0.2) is 0 Å². The van der Waals surface area contributed by atoms with E-state index in [1.54, 1.807) is 0 Å². The predicted molar refractivity (Wildman–Crippen MR) is 64.6 cm³/mol. The lowest BCUT2D eigenvalue weighted by atomic mass is 9.81. The van der Waals surface area contributed by atoms with Crippen LogP contribution < -0.4 is 5.32 Å². The minimum absolute atomic E-state index is 0.351.